The molecule has 1 fully saturated rings. The van der Waals surface area contributed by atoms with Crippen LogP contribution >= 0.6 is 0 Å². The second-order valence-electron chi connectivity index (χ2n) is 5.03. The summed E-state index contributed by atoms with van der Waals surface area (Å²) in [6, 6.07) is 7.98. The SMILES string of the molecule is CCc1ccc(OCC(=O)N2CCCC(N)C2)cc1. The molecular formula is C15H22N2O2. The number of ether oxygens (including phenoxy) is 1. The topological polar surface area (TPSA) is 55.6 Å². The summed E-state index contributed by atoms with van der Waals surface area (Å²) in [6.07, 6.45) is 2.99. The minimum Gasteiger partial charge on any atom is -0.484 e. The van der Waals surface area contributed by atoms with Crippen LogP contribution in [0.3, 0.4) is 0 Å². The molecule has 1 saturated heterocycles. The molecule has 0 spiro atoms. The Hall–Kier alpha value is -1.55. The van der Waals surface area contributed by atoms with E-state index in [9.17, 15) is 4.79 Å². The van der Waals surface area contributed by atoms with Crippen LogP contribution in [0.2, 0.25) is 0 Å². The maximum Gasteiger partial charge on any atom is 0.260 e. The predicted molar refractivity (Wildman–Crippen MR) is 75.1 cm³/mol. The second kappa shape index (κ2) is 6.57. The van der Waals surface area contributed by atoms with Crippen LogP contribution < -0.4 is 10.5 Å². The third-order valence-electron chi connectivity index (χ3n) is 3.50. The molecule has 0 bridgehead atoms. The quantitative estimate of drug-likeness (QED) is 0.896. The van der Waals surface area contributed by atoms with Crippen LogP contribution in [0.25, 0.3) is 0 Å². The van der Waals surface area contributed by atoms with Crippen molar-refractivity contribution in [2.75, 3.05) is 19.7 Å². The Morgan fingerprint density at radius 2 is 2.16 bits per heavy atom. The molecule has 1 atom stereocenters. The molecule has 1 amide bonds. The number of hydrogen-bond donors (Lipinski definition) is 1. The van der Waals surface area contributed by atoms with Crippen LogP contribution in [0.5, 0.6) is 5.75 Å². The summed E-state index contributed by atoms with van der Waals surface area (Å²) in [4.78, 5) is 13.8. The predicted octanol–water partition coefficient (Wildman–Crippen LogP) is 1.58. The van der Waals surface area contributed by atoms with Gasteiger partial charge in [-0.2, -0.15) is 0 Å². The van der Waals surface area contributed by atoms with Gasteiger partial charge in [-0.05, 0) is 37.0 Å². The van der Waals surface area contributed by atoms with Gasteiger partial charge in [0, 0.05) is 19.1 Å². The first-order valence-corrected chi connectivity index (χ1v) is 6.94. The van der Waals surface area contributed by atoms with E-state index in [2.05, 4.69) is 6.92 Å². The molecule has 1 aliphatic heterocycles. The van der Waals surface area contributed by atoms with Gasteiger partial charge in [-0.3, -0.25) is 4.79 Å². The van der Waals surface area contributed by atoms with E-state index >= 15 is 0 Å². The summed E-state index contributed by atoms with van der Waals surface area (Å²) in [5, 5.41) is 0. The molecule has 1 aromatic carbocycles. The van der Waals surface area contributed by atoms with Gasteiger partial charge in [-0.25, -0.2) is 0 Å². The van der Waals surface area contributed by atoms with Crippen molar-refractivity contribution >= 4 is 5.91 Å². The van der Waals surface area contributed by atoms with E-state index in [1.807, 2.05) is 24.3 Å². The fourth-order valence-electron chi connectivity index (χ4n) is 2.29. The summed E-state index contributed by atoms with van der Waals surface area (Å²) >= 11 is 0. The number of carbonyl (C=O) groups excluding carboxylic acids is 1. The zero-order valence-electron chi connectivity index (χ0n) is 11.5. The van der Waals surface area contributed by atoms with Crippen molar-refractivity contribution in [1.82, 2.24) is 4.90 Å². The normalized spacial score (nSPS) is 19.3. The number of rotatable bonds is 4. The number of hydrogen-bond acceptors (Lipinski definition) is 3. The number of nitrogens with two attached hydrogens (primary N) is 1. The highest BCUT2D eigenvalue weighted by Crippen LogP contribution is 2.13. The highest BCUT2D eigenvalue weighted by molar-refractivity contribution is 5.77. The first-order valence-electron chi connectivity index (χ1n) is 6.94. The molecule has 104 valence electrons. The summed E-state index contributed by atoms with van der Waals surface area (Å²) in [6.45, 7) is 3.65. The van der Waals surface area contributed by atoms with Crippen LogP contribution in [0, 0.1) is 0 Å². The Morgan fingerprint density at radius 1 is 1.42 bits per heavy atom. The lowest BCUT2D eigenvalue weighted by Crippen LogP contribution is -2.47. The van der Waals surface area contributed by atoms with E-state index in [0.29, 0.717) is 6.54 Å². The number of likely N-dealkylation sites (tertiary alicyclic amines) is 1. The molecule has 1 heterocycles. The highest BCUT2D eigenvalue weighted by Gasteiger charge is 2.21. The van der Waals surface area contributed by atoms with E-state index in [1.54, 1.807) is 4.90 Å². The smallest absolute Gasteiger partial charge is 0.260 e. The maximum atomic E-state index is 12.0. The van der Waals surface area contributed by atoms with Crippen molar-refractivity contribution < 1.29 is 9.53 Å². The van der Waals surface area contributed by atoms with Crippen molar-refractivity contribution in [3.63, 3.8) is 0 Å². The Bertz CT molecular complexity index is 417. The van der Waals surface area contributed by atoms with Gasteiger partial charge >= 0.3 is 0 Å². The molecule has 1 aromatic rings. The molecule has 2 rings (SSSR count). The molecular weight excluding hydrogens is 240 g/mol. The lowest BCUT2D eigenvalue weighted by Gasteiger charge is -2.30. The Morgan fingerprint density at radius 3 is 2.79 bits per heavy atom. The number of carbonyl (C=O) groups is 1. The Kier molecular flexibility index (Phi) is 4.80. The van der Waals surface area contributed by atoms with Gasteiger partial charge in [-0.1, -0.05) is 19.1 Å². The third kappa shape index (κ3) is 3.96. The van der Waals surface area contributed by atoms with E-state index in [4.69, 9.17) is 10.5 Å². The number of amides is 1. The average molecular weight is 262 g/mol. The van der Waals surface area contributed by atoms with Gasteiger partial charge < -0.3 is 15.4 Å². The maximum absolute atomic E-state index is 12.0. The van der Waals surface area contributed by atoms with Gasteiger partial charge in [0.25, 0.3) is 5.91 Å². The zero-order valence-corrected chi connectivity index (χ0v) is 11.5. The number of nitrogens with zero attached hydrogens (tertiary/aromatic N) is 1. The summed E-state index contributed by atoms with van der Waals surface area (Å²) in [7, 11) is 0. The molecule has 0 aromatic heterocycles. The Labute approximate surface area is 114 Å². The minimum absolute atomic E-state index is 0.0229. The van der Waals surface area contributed by atoms with Crippen LogP contribution in [-0.2, 0) is 11.2 Å². The van der Waals surface area contributed by atoms with Crippen LogP contribution in [-0.4, -0.2) is 36.5 Å². The molecule has 19 heavy (non-hydrogen) atoms. The first kappa shape index (κ1) is 13.9. The number of piperidine rings is 1. The lowest BCUT2D eigenvalue weighted by atomic mass is 10.1. The fraction of sp³-hybridized carbons (Fsp3) is 0.533. The molecule has 4 heteroatoms. The number of aryl methyl sites for hydroxylation is 1. The van der Waals surface area contributed by atoms with E-state index < -0.39 is 0 Å². The highest BCUT2D eigenvalue weighted by atomic mass is 16.5. The third-order valence-corrected chi connectivity index (χ3v) is 3.50. The molecule has 4 nitrogen and oxygen atoms in total. The van der Waals surface area contributed by atoms with Gasteiger partial charge in [0.05, 0.1) is 0 Å². The average Bonchev–Trinajstić information content (AvgIpc) is 2.45. The van der Waals surface area contributed by atoms with E-state index in [1.165, 1.54) is 5.56 Å². The van der Waals surface area contributed by atoms with Crippen molar-refractivity contribution in [3.05, 3.63) is 29.8 Å². The fourth-order valence-corrected chi connectivity index (χ4v) is 2.29. The number of benzene rings is 1. The van der Waals surface area contributed by atoms with Gasteiger partial charge in [0.2, 0.25) is 0 Å². The first-order chi connectivity index (χ1) is 9.19. The molecule has 0 aliphatic carbocycles. The van der Waals surface area contributed by atoms with Gasteiger partial charge in [0.1, 0.15) is 5.75 Å². The van der Waals surface area contributed by atoms with Crippen molar-refractivity contribution in [2.24, 2.45) is 5.73 Å². The Balaban J connectivity index is 1.82. The summed E-state index contributed by atoms with van der Waals surface area (Å²) in [5.41, 5.74) is 7.13. The molecule has 1 unspecified atom stereocenters. The molecule has 0 saturated carbocycles. The monoisotopic (exact) mass is 262 g/mol. The van der Waals surface area contributed by atoms with E-state index in [0.717, 1.165) is 31.6 Å². The van der Waals surface area contributed by atoms with Crippen molar-refractivity contribution in [1.29, 1.82) is 0 Å². The van der Waals surface area contributed by atoms with Crippen molar-refractivity contribution in [3.8, 4) is 5.75 Å². The lowest BCUT2D eigenvalue weighted by molar-refractivity contribution is -0.134. The van der Waals surface area contributed by atoms with E-state index in [-0.39, 0.29) is 18.6 Å². The summed E-state index contributed by atoms with van der Waals surface area (Å²) in [5.74, 6) is 0.765. The van der Waals surface area contributed by atoms with Gasteiger partial charge in [0.15, 0.2) is 6.61 Å². The van der Waals surface area contributed by atoms with Crippen LogP contribution in [0.1, 0.15) is 25.3 Å². The van der Waals surface area contributed by atoms with Gasteiger partial charge in [-0.15, -0.1) is 0 Å². The largest absolute Gasteiger partial charge is 0.484 e. The minimum atomic E-state index is 0.0229. The van der Waals surface area contributed by atoms with Crippen LogP contribution in [0.4, 0.5) is 0 Å². The molecule has 2 N–H and O–H groups in total. The standard InChI is InChI=1S/C15H22N2O2/c1-2-12-5-7-14(8-6-12)19-11-15(18)17-9-3-4-13(16)10-17/h5-8,13H,2-4,9-11,16H2,1H3. The van der Waals surface area contributed by atoms with Crippen molar-refractivity contribution in [2.45, 2.75) is 32.2 Å². The van der Waals surface area contributed by atoms with Crippen LogP contribution in [0.15, 0.2) is 24.3 Å². The molecule has 0 radical (unpaired) electrons. The molecule has 1 aliphatic rings. The zero-order chi connectivity index (χ0) is 13.7. The second-order valence-corrected chi connectivity index (χ2v) is 5.03. The summed E-state index contributed by atoms with van der Waals surface area (Å²) < 4.78 is 5.52.